The molecular weight excluding hydrogens is 352 g/mol. The Hall–Kier alpha value is -2.95. The lowest BCUT2D eigenvalue weighted by molar-refractivity contribution is 0.0690. The second kappa shape index (κ2) is 6.89. The molecule has 0 fully saturated rings. The number of aromatic hydroxyl groups is 1. The number of aliphatic hydroxyl groups excluding tert-OH is 1. The summed E-state index contributed by atoms with van der Waals surface area (Å²) in [7, 11) is -3.51. The molecule has 0 spiro atoms. The van der Waals surface area contributed by atoms with E-state index in [1.54, 1.807) is 18.2 Å². The van der Waals surface area contributed by atoms with E-state index in [9.17, 15) is 22.9 Å². The third kappa shape index (κ3) is 3.60. The molecule has 1 heterocycles. The number of fused-ring (bicyclic) bond motifs is 1. The predicted molar refractivity (Wildman–Crippen MR) is 87.7 cm³/mol. The Morgan fingerprint density at radius 3 is 2.36 bits per heavy atom. The normalized spacial score (nSPS) is 11.0. The first kappa shape index (κ1) is 18.4. The molecule has 9 nitrogen and oxygen atoms in total. The number of carboxylic acids is 1. The van der Waals surface area contributed by atoms with E-state index in [0.29, 0.717) is 16.5 Å². The summed E-state index contributed by atoms with van der Waals surface area (Å²) in [6.45, 7) is 0. The maximum Gasteiger partial charge on any atom is 0.356 e. The number of aliphatic hydroxyl groups is 1. The Morgan fingerprint density at radius 2 is 1.80 bits per heavy atom. The van der Waals surface area contributed by atoms with Gasteiger partial charge in [0.25, 0.3) is 10.1 Å². The van der Waals surface area contributed by atoms with Crippen LogP contribution in [0.1, 0.15) is 10.5 Å². The lowest BCUT2D eigenvalue weighted by Gasteiger charge is -2.09. The second-order valence-corrected chi connectivity index (χ2v) is 6.16. The predicted octanol–water partition coefficient (Wildman–Crippen LogP) is 1.28. The lowest BCUT2D eigenvalue weighted by atomic mass is 10.1. The molecular formula is C15H14N2O7S. The van der Waals surface area contributed by atoms with Crippen LogP contribution in [0.4, 0.5) is 0 Å². The first-order valence-electron chi connectivity index (χ1n) is 6.74. The standard InChI is InChI=1S/C14H10N2O6S.CH4O/c17-13-7-8(23(20,21)22)6-10-9(13)2-1-3-12(10)16-5-4-11(15-16)14(18)19;1-2/h1-7,17H,(H,18,19)(H,20,21,22);2H,1H3. The number of carboxylic acid groups (broad SMARTS) is 1. The molecule has 0 aliphatic heterocycles. The third-order valence-electron chi connectivity index (χ3n) is 3.28. The highest BCUT2D eigenvalue weighted by Crippen LogP contribution is 2.32. The summed E-state index contributed by atoms with van der Waals surface area (Å²) in [6, 6.07) is 8.15. The number of phenolic OH excluding ortho intramolecular Hbond substituents is 1. The zero-order valence-electron chi connectivity index (χ0n) is 12.9. The number of nitrogens with zero attached hydrogens (tertiary/aromatic N) is 2. The van der Waals surface area contributed by atoms with Gasteiger partial charge in [-0.1, -0.05) is 12.1 Å². The summed E-state index contributed by atoms with van der Waals surface area (Å²) in [5, 5.41) is 30.4. The van der Waals surface area contributed by atoms with Crippen molar-refractivity contribution >= 4 is 26.9 Å². The van der Waals surface area contributed by atoms with Gasteiger partial charge in [0.15, 0.2) is 5.69 Å². The number of aromatic nitrogens is 2. The molecule has 1 aromatic heterocycles. The first-order valence-corrected chi connectivity index (χ1v) is 8.18. The van der Waals surface area contributed by atoms with Crippen molar-refractivity contribution in [1.29, 1.82) is 0 Å². The van der Waals surface area contributed by atoms with Crippen LogP contribution in [0.15, 0.2) is 47.5 Å². The molecule has 0 aliphatic carbocycles. The minimum Gasteiger partial charge on any atom is -0.507 e. The summed E-state index contributed by atoms with van der Waals surface area (Å²) >= 11 is 0. The molecule has 3 aromatic rings. The first-order chi connectivity index (χ1) is 11.8. The van der Waals surface area contributed by atoms with Crippen LogP contribution in [0.25, 0.3) is 16.5 Å². The average Bonchev–Trinajstić information content (AvgIpc) is 3.05. The van der Waals surface area contributed by atoms with Gasteiger partial charge in [-0.2, -0.15) is 13.5 Å². The zero-order chi connectivity index (χ0) is 18.8. The monoisotopic (exact) mass is 366 g/mol. The molecule has 2 aromatic carbocycles. The minimum absolute atomic E-state index is 0.183. The zero-order valence-corrected chi connectivity index (χ0v) is 13.7. The van der Waals surface area contributed by atoms with Crippen molar-refractivity contribution in [2.75, 3.05) is 7.11 Å². The van der Waals surface area contributed by atoms with Gasteiger partial charge in [-0.15, -0.1) is 0 Å². The molecule has 0 atom stereocenters. The molecule has 132 valence electrons. The maximum absolute atomic E-state index is 11.3. The smallest absolute Gasteiger partial charge is 0.356 e. The van der Waals surface area contributed by atoms with Gasteiger partial charge in [0.1, 0.15) is 5.75 Å². The van der Waals surface area contributed by atoms with Crippen LogP contribution in [0.5, 0.6) is 5.75 Å². The Labute approximate surface area is 142 Å². The molecule has 0 saturated heterocycles. The van der Waals surface area contributed by atoms with Gasteiger partial charge < -0.3 is 15.3 Å². The molecule has 0 amide bonds. The number of carbonyl (C=O) groups is 1. The average molecular weight is 366 g/mol. The van der Waals surface area contributed by atoms with E-state index in [4.69, 9.17) is 10.2 Å². The maximum atomic E-state index is 11.3. The van der Waals surface area contributed by atoms with Crippen LogP contribution in [0.2, 0.25) is 0 Å². The van der Waals surface area contributed by atoms with Gasteiger partial charge >= 0.3 is 5.97 Å². The second-order valence-electron chi connectivity index (χ2n) is 4.74. The van der Waals surface area contributed by atoms with Crippen molar-refractivity contribution in [2.24, 2.45) is 0 Å². The largest absolute Gasteiger partial charge is 0.507 e. The van der Waals surface area contributed by atoms with Gasteiger partial charge in [-0.05, 0) is 18.2 Å². The fraction of sp³-hybridized carbons (Fsp3) is 0.0667. The van der Waals surface area contributed by atoms with Crippen LogP contribution >= 0.6 is 0 Å². The Kier molecular flexibility index (Phi) is 5.07. The van der Waals surface area contributed by atoms with E-state index >= 15 is 0 Å². The molecule has 0 aliphatic rings. The number of benzene rings is 2. The summed E-state index contributed by atoms with van der Waals surface area (Å²) in [5.74, 6) is -1.53. The summed E-state index contributed by atoms with van der Waals surface area (Å²) < 4.78 is 33.0. The van der Waals surface area contributed by atoms with Crippen LogP contribution in [0.3, 0.4) is 0 Å². The van der Waals surface area contributed by atoms with Gasteiger partial charge in [0, 0.05) is 30.1 Å². The van der Waals surface area contributed by atoms with E-state index in [1.165, 1.54) is 23.0 Å². The highest BCUT2D eigenvalue weighted by Gasteiger charge is 2.16. The highest BCUT2D eigenvalue weighted by atomic mass is 32.2. The number of hydrogen-bond donors (Lipinski definition) is 4. The van der Waals surface area contributed by atoms with Crippen LogP contribution in [0, 0.1) is 0 Å². The molecule has 25 heavy (non-hydrogen) atoms. The Morgan fingerprint density at radius 1 is 1.12 bits per heavy atom. The van der Waals surface area contributed by atoms with Crippen molar-refractivity contribution < 1.29 is 33.1 Å². The molecule has 4 N–H and O–H groups in total. The third-order valence-corrected chi connectivity index (χ3v) is 4.11. The van der Waals surface area contributed by atoms with E-state index in [2.05, 4.69) is 5.10 Å². The van der Waals surface area contributed by atoms with Gasteiger partial charge in [-0.3, -0.25) is 4.55 Å². The van der Waals surface area contributed by atoms with Crippen molar-refractivity contribution in [2.45, 2.75) is 4.90 Å². The molecule has 0 unspecified atom stereocenters. The Bertz CT molecular complexity index is 1040. The van der Waals surface area contributed by atoms with Crippen molar-refractivity contribution in [3.05, 3.63) is 48.3 Å². The molecule has 3 rings (SSSR count). The van der Waals surface area contributed by atoms with E-state index in [0.717, 1.165) is 13.2 Å². The number of rotatable bonds is 3. The van der Waals surface area contributed by atoms with E-state index < -0.39 is 21.0 Å². The molecule has 0 radical (unpaired) electrons. The van der Waals surface area contributed by atoms with Crippen molar-refractivity contribution in [1.82, 2.24) is 9.78 Å². The number of phenols is 1. The summed E-state index contributed by atoms with van der Waals surface area (Å²) in [6.07, 6.45) is 1.40. The highest BCUT2D eigenvalue weighted by molar-refractivity contribution is 7.85. The van der Waals surface area contributed by atoms with E-state index in [1.807, 2.05) is 0 Å². The lowest BCUT2D eigenvalue weighted by Crippen LogP contribution is -2.02. The quantitative estimate of drug-likeness (QED) is 0.506. The SMILES string of the molecule is CO.O=C(O)c1ccn(-c2cccc3c(O)cc(S(=O)(=O)O)cc23)n1. The number of aromatic carboxylic acids is 1. The van der Waals surface area contributed by atoms with Crippen molar-refractivity contribution in [3.8, 4) is 11.4 Å². The van der Waals surface area contributed by atoms with Gasteiger partial charge in [0.2, 0.25) is 0 Å². The molecule has 10 heteroatoms. The minimum atomic E-state index is -4.51. The van der Waals surface area contributed by atoms with Crippen molar-refractivity contribution in [3.63, 3.8) is 0 Å². The van der Waals surface area contributed by atoms with Gasteiger partial charge in [0.05, 0.1) is 10.6 Å². The summed E-state index contributed by atoms with van der Waals surface area (Å²) in [4.78, 5) is 10.4. The fourth-order valence-electron chi connectivity index (χ4n) is 2.25. The van der Waals surface area contributed by atoms with Crippen LogP contribution in [-0.2, 0) is 10.1 Å². The van der Waals surface area contributed by atoms with E-state index in [-0.39, 0.29) is 11.4 Å². The number of hydrogen-bond acceptors (Lipinski definition) is 6. The Balaban J connectivity index is 0.00000109. The summed E-state index contributed by atoms with van der Waals surface area (Å²) in [5.41, 5.74) is 0.174. The van der Waals surface area contributed by atoms with Crippen LogP contribution < -0.4 is 0 Å². The van der Waals surface area contributed by atoms with Gasteiger partial charge in [-0.25, -0.2) is 9.48 Å². The molecule has 0 bridgehead atoms. The van der Waals surface area contributed by atoms with Crippen LogP contribution in [-0.4, -0.2) is 51.1 Å². The molecule has 0 saturated carbocycles. The fourth-order valence-corrected chi connectivity index (χ4v) is 2.77. The topological polar surface area (TPSA) is 150 Å².